The monoisotopic (exact) mass is 231 g/mol. The van der Waals surface area contributed by atoms with E-state index >= 15 is 0 Å². The van der Waals surface area contributed by atoms with Crippen molar-refractivity contribution in [1.29, 1.82) is 0 Å². The molecular formula is C11H25N3O2. The van der Waals surface area contributed by atoms with Gasteiger partial charge in [0.2, 0.25) is 0 Å². The number of rotatable bonds is 8. The van der Waals surface area contributed by atoms with Crippen LogP contribution in [-0.4, -0.2) is 81.2 Å². The van der Waals surface area contributed by atoms with Crippen molar-refractivity contribution in [1.82, 2.24) is 15.1 Å². The molecule has 16 heavy (non-hydrogen) atoms. The van der Waals surface area contributed by atoms with Crippen LogP contribution in [0.2, 0.25) is 0 Å². The Morgan fingerprint density at radius 2 is 2.12 bits per heavy atom. The van der Waals surface area contributed by atoms with Crippen molar-refractivity contribution in [3.05, 3.63) is 0 Å². The van der Waals surface area contributed by atoms with Crippen molar-refractivity contribution in [2.45, 2.75) is 18.7 Å². The first-order valence-corrected chi connectivity index (χ1v) is 5.92. The third-order valence-corrected chi connectivity index (χ3v) is 2.90. The minimum Gasteiger partial charge on any atom is -0.381 e. The molecule has 1 aliphatic heterocycles. The SMILES string of the molecule is COCC(O)NC[C@H](CN(C)C)N1CCC1. The summed E-state index contributed by atoms with van der Waals surface area (Å²) < 4.78 is 4.88. The molecule has 5 heteroatoms. The van der Waals surface area contributed by atoms with Gasteiger partial charge in [-0.1, -0.05) is 0 Å². The van der Waals surface area contributed by atoms with E-state index in [0.29, 0.717) is 12.6 Å². The summed E-state index contributed by atoms with van der Waals surface area (Å²) in [5.41, 5.74) is 0. The number of hydrogen-bond acceptors (Lipinski definition) is 5. The van der Waals surface area contributed by atoms with Crippen LogP contribution >= 0.6 is 0 Å². The van der Waals surface area contributed by atoms with Crippen LogP contribution in [0.15, 0.2) is 0 Å². The normalized spacial score (nSPS) is 20.8. The van der Waals surface area contributed by atoms with Gasteiger partial charge in [0.25, 0.3) is 0 Å². The van der Waals surface area contributed by atoms with Crippen LogP contribution in [0.5, 0.6) is 0 Å². The van der Waals surface area contributed by atoms with Crippen molar-refractivity contribution >= 4 is 0 Å². The van der Waals surface area contributed by atoms with E-state index in [2.05, 4.69) is 29.2 Å². The van der Waals surface area contributed by atoms with E-state index in [1.165, 1.54) is 19.5 Å². The number of likely N-dealkylation sites (tertiary alicyclic amines) is 1. The predicted molar refractivity (Wildman–Crippen MR) is 64.4 cm³/mol. The predicted octanol–water partition coefficient (Wildman–Crippen LogP) is -0.823. The van der Waals surface area contributed by atoms with Gasteiger partial charge in [0, 0.05) is 26.2 Å². The van der Waals surface area contributed by atoms with Crippen LogP contribution in [-0.2, 0) is 4.74 Å². The highest BCUT2D eigenvalue weighted by Gasteiger charge is 2.24. The molecule has 0 amide bonds. The van der Waals surface area contributed by atoms with Crippen LogP contribution in [0.4, 0.5) is 0 Å². The molecule has 0 aromatic rings. The second kappa shape index (κ2) is 7.19. The van der Waals surface area contributed by atoms with Crippen LogP contribution in [0.3, 0.4) is 0 Å². The molecule has 1 unspecified atom stereocenters. The quantitative estimate of drug-likeness (QED) is 0.534. The molecule has 0 bridgehead atoms. The summed E-state index contributed by atoms with van der Waals surface area (Å²) >= 11 is 0. The molecule has 0 aromatic heterocycles. The maximum absolute atomic E-state index is 9.54. The molecule has 0 radical (unpaired) electrons. The number of aliphatic hydroxyl groups is 1. The lowest BCUT2D eigenvalue weighted by molar-refractivity contribution is 0.0279. The Kier molecular flexibility index (Phi) is 6.23. The summed E-state index contributed by atoms with van der Waals surface area (Å²) in [4.78, 5) is 4.64. The van der Waals surface area contributed by atoms with Crippen LogP contribution in [0.25, 0.3) is 0 Å². The average molecular weight is 231 g/mol. The molecule has 0 aromatic carbocycles. The van der Waals surface area contributed by atoms with E-state index < -0.39 is 6.23 Å². The number of ether oxygens (including phenoxy) is 1. The van der Waals surface area contributed by atoms with Crippen LogP contribution < -0.4 is 5.32 Å². The van der Waals surface area contributed by atoms with Gasteiger partial charge in [0.15, 0.2) is 0 Å². The fourth-order valence-corrected chi connectivity index (χ4v) is 1.93. The smallest absolute Gasteiger partial charge is 0.128 e. The molecule has 0 spiro atoms. The average Bonchev–Trinajstić information content (AvgIpc) is 2.11. The Balaban J connectivity index is 2.26. The summed E-state index contributed by atoms with van der Waals surface area (Å²) in [5.74, 6) is 0. The van der Waals surface area contributed by atoms with Crippen LogP contribution in [0, 0.1) is 0 Å². The first-order valence-electron chi connectivity index (χ1n) is 5.92. The molecule has 1 saturated heterocycles. The number of hydrogen-bond donors (Lipinski definition) is 2. The molecular weight excluding hydrogens is 206 g/mol. The Labute approximate surface area is 98.4 Å². The van der Waals surface area contributed by atoms with Crippen LogP contribution in [0.1, 0.15) is 6.42 Å². The zero-order valence-corrected chi connectivity index (χ0v) is 10.6. The topological polar surface area (TPSA) is 48.0 Å². The summed E-state index contributed by atoms with van der Waals surface area (Å²) in [6.45, 7) is 4.53. The van der Waals surface area contributed by atoms with Crippen molar-refractivity contribution in [3.8, 4) is 0 Å². The first-order chi connectivity index (χ1) is 7.63. The van der Waals surface area contributed by atoms with Gasteiger partial charge in [-0.3, -0.25) is 10.2 Å². The largest absolute Gasteiger partial charge is 0.381 e. The standard InChI is InChI=1S/C11H25N3O2/c1-13(2)8-10(14-5-4-6-14)7-12-11(15)9-16-3/h10-12,15H,4-9H2,1-3H3/t10-,11?/m1/s1. The number of nitrogens with one attached hydrogen (secondary N) is 1. The molecule has 0 saturated carbocycles. The maximum atomic E-state index is 9.54. The minimum atomic E-state index is -0.559. The number of methoxy groups -OCH3 is 1. The molecule has 1 heterocycles. The zero-order chi connectivity index (χ0) is 12.0. The lowest BCUT2D eigenvalue weighted by Gasteiger charge is -2.40. The van der Waals surface area contributed by atoms with E-state index in [1.807, 2.05) is 0 Å². The number of nitrogens with zero attached hydrogens (tertiary/aromatic N) is 2. The van der Waals surface area contributed by atoms with Crippen molar-refractivity contribution < 1.29 is 9.84 Å². The Hall–Kier alpha value is -0.200. The van der Waals surface area contributed by atoms with Gasteiger partial charge < -0.3 is 14.7 Å². The van der Waals surface area contributed by atoms with Gasteiger partial charge in [-0.25, -0.2) is 0 Å². The van der Waals surface area contributed by atoms with E-state index in [1.54, 1.807) is 7.11 Å². The highest BCUT2D eigenvalue weighted by molar-refractivity contribution is 4.82. The highest BCUT2D eigenvalue weighted by Crippen LogP contribution is 2.11. The van der Waals surface area contributed by atoms with Gasteiger partial charge in [0.05, 0.1) is 6.61 Å². The third-order valence-electron chi connectivity index (χ3n) is 2.90. The molecule has 0 aliphatic carbocycles. The lowest BCUT2D eigenvalue weighted by atomic mass is 10.1. The van der Waals surface area contributed by atoms with E-state index in [4.69, 9.17) is 4.74 Å². The molecule has 1 aliphatic rings. The van der Waals surface area contributed by atoms with Gasteiger partial charge in [-0.05, 0) is 33.6 Å². The summed E-state index contributed by atoms with van der Waals surface area (Å²) in [7, 11) is 5.76. The first kappa shape index (κ1) is 13.9. The lowest BCUT2D eigenvalue weighted by Crippen LogP contribution is -2.54. The van der Waals surface area contributed by atoms with Gasteiger partial charge in [-0.15, -0.1) is 0 Å². The molecule has 5 nitrogen and oxygen atoms in total. The minimum absolute atomic E-state index is 0.342. The van der Waals surface area contributed by atoms with E-state index in [-0.39, 0.29) is 0 Å². The van der Waals surface area contributed by atoms with Crippen molar-refractivity contribution in [3.63, 3.8) is 0 Å². The molecule has 2 atom stereocenters. The Bertz CT molecular complexity index is 186. The number of aliphatic hydroxyl groups excluding tert-OH is 1. The fraction of sp³-hybridized carbons (Fsp3) is 1.00. The van der Waals surface area contributed by atoms with Gasteiger partial charge in [0.1, 0.15) is 6.23 Å². The second-order valence-electron chi connectivity index (χ2n) is 4.68. The summed E-state index contributed by atoms with van der Waals surface area (Å²) in [6, 6.07) is 0.482. The van der Waals surface area contributed by atoms with E-state index in [0.717, 1.165) is 13.1 Å². The Morgan fingerprint density at radius 1 is 1.44 bits per heavy atom. The summed E-state index contributed by atoms with van der Waals surface area (Å²) in [6.07, 6.45) is 0.737. The van der Waals surface area contributed by atoms with Gasteiger partial charge >= 0.3 is 0 Å². The highest BCUT2D eigenvalue weighted by atomic mass is 16.5. The van der Waals surface area contributed by atoms with Crippen molar-refractivity contribution in [2.24, 2.45) is 0 Å². The third kappa shape index (κ3) is 4.76. The number of likely N-dealkylation sites (N-methyl/N-ethyl adjacent to an activating group) is 1. The molecule has 1 rings (SSSR count). The maximum Gasteiger partial charge on any atom is 0.128 e. The molecule has 2 N–H and O–H groups in total. The molecule has 1 fully saturated rings. The second-order valence-corrected chi connectivity index (χ2v) is 4.68. The zero-order valence-electron chi connectivity index (χ0n) is 10.6. The fourth-order valence-electron chi connectivity index (χ4n) is 1.93. The Morgan fingerprint density at radius 3 is 2.56 bits per heavy atom. The van der Waals surface area contributed by atoms with Crippen molar-refractivity contribution in [2.75, 3.05) is 54.0 Å². The van der Waals surface area contributed by atoms with Gasteiger partial charge in [-0.2, -0.15) is 0 Å². The summed E-state index contributed by atoms with van der Waals surface area (Å²) in [5, 5.41) is 12.6. The van der Waals surface area contributed by atoms with E-state index in [9.17, 15) is 5.11 Å². The molecule has 96 valence electrons.